The topological polar surface area (TPSA) is 37.4 Å². The van der Waals surface area contributed by atoms with Gasteiger partial charge in [-0.15, -0.1) is 0 Å². The fourth-order valence-corrected chi connectivity index (χ4v) is 2.03. The molecule has 0 aromatic heterocycles. The van der Waals surface area contributed by atoms with Crippen LogP contribution in [0.15, 0.2) is 18.2 Å². The molecule has 2 rings (SSSR count). The maximum absolute atomic E-state index is 13.0. The van der Waals surface area contributed by atoms with Crippen LogP contribution in [0.25, 0.3) is 0 Å². The molecule has 1 aromatic carbocycles. The van der Waals surface area contributed by atoms with Crippen molar-refractivity contribution in [2.24, 2.45) is 5.92 Å². The average molecular weight is 256 g/mol. The first-order valence-corrected chi connectivity index (χ1v) is 5.65. The number of amides is 2. The number of halogens is 2. The lowest BCUT2D eigenvalue weighted by Crippen LogP contribution is -2.29. The van der Waals surface area contributed by atoms with E-state index in [1.54, 1.807) is 6.92 Å². The van der Waals surface area contributed by atoms with Crippen LogP contribution in [0.5, 0.6) is 0 Å². The Labute approximate surface area is 103 Å². The van der Waals surface area contributed by atoms with Crippen molar-refractivity contribution in [3.8, 4) is 0 Å². The van der Waals surface area contributed by atoms with Gasteiger partial charge in [0, 0.05) is 17.4 Å². The molecule has 1 unspecified atom stereocenters. The van der Waals surface area contributed by atoms with Crippen molar-refractivity contribution in [2.45, 2.75) is 19.9 Å². The van der Waals surface area contributed by atoms with Crippen molar-refractivity contribution in [1.82, 2.24) is 4.90 Å². The Kier molecular flexibility index (Phi) is 3.15. The summed E-state index contributed by atoms with van der Waals surface area (Å²) in [6, 6.07) is 3.90. The standard InChI is InChI=1S/C12H11ClFNO2/c1-7-4-11(16)15(12(7)17)6-8-5-9(14)2-3-10(8)13/h2-3,5,7H,4,6H2,1H3. The quantitative estimate of drug-likeness (QED) is 0.761. The smallest absolute Gasteiger partial charge is 0.232 e. The maximum Gasteiger partial charge on any atom is 0.232 e. The third-order valence-corrected chi connectivity index (χ3v) is 3.17. The minimum absolute atomic E-state index is 0.0403. The Balaban J connectivity index is 2.24. The van der Waals surface area contributed by atoms with Gasteiger partial charge in [-0.2, -0.15) is 0 Å². The molecule has 1 fully saturated rings. The van der Waals surface area contributed by atoms with Gasteiger partial charge < -0.3 is 0 Å². The van der Waals surface area contributed by atoms with Gasteiger partial charge in [-0.1, -0.05) is 18.5 Å². The minimum atomic E-state index is -0.434. The number of benzene rings is 1. The molecule has 1 aromatic rings. The third kappa shape index (κ3) is 2.31. The van der Waals surface area contributed by atoms with Crippen LogP contribution in [-0.2, 0) is 16.1 Å². The molecule has 1 aliphatic rings. The van der Waals surface area contributed by atoms with Crippen LogP contribution in [0.4, 0.5) is 4.39 Å². The Morgan fingerprint density at radius 3 is 2.76 bits per heavy atom. The summed E-state index contributed by atoms with van der Waals surface area (Å²) in [6.45, 7) is 1.74. The third-order valence-electron chi connectivity index (χ3n) is 2.81. The maximum atomic E-state index is 13.0. The molecule has 0 bridgehead atoms. The van der Waals surface area contributed by atoms with Crippen molar-refractivity contribution >= 4 is 23.4 Å². The molecule has 1 saturated heterocycles. The summed E-state index contributed by atoms with van der Waals surface area (Å²) >= 11 is 5.89. The molecular formula is C12H11ClFNO2. The highest BCUT2D eigenvalue weighted by Crippen LogP contribution is 2.24. The summed E-state index contributed by atoms with van der Waals surface area (Å²) in [5.41, 5.74) is 0.447. The number of nitrogens with zero attached hydrogens (tertiary/aromatic N) is 1. The summed E-state index contributed by atoms with van der Waals surface area (Å²) in [5, 5.41) is 0.353. The predicted molar refractivity (Wildman–Crippen MR) is 60.7 cm³/mol. The van der Waals surface area contributed by atoms with E-state index < -0.39 is 5.82 Å². The number of imide groups is 1. The molecule has 0 aliphatic carbocycles. The molecule has 5 heteroatoms. The molecule has 1 aliphatic heterocycles. The van der Waals surface area contributed by atoms with Gasteiger partial charge >= 0.3 is 0 Å². The summed E-state index contributed by atoms with van der Waals surface area (Å²) in [4.78, 5) is 24.4. The van der Waals surface area contributed by atoms with E-state index in [1.807, 2.05) is 0 Å². The van der Waals surface area contributed by atoms with Crippen molar-refractivity contribution in [3.63, 3.8) is 0 Å². The van der Waals surface area contributed by atoms with Crippen LogP contribution in [0, 0.1) is 11.7 Å². The Morgan fingerprint density at radius 2 is 2.18 bits per heavy atom. The molecule has 2 amide bonds. The summed E-state index contributed by atoms with van der Waals surface area (Å²) < 4.78 is 13.0. The lowest BCUT2D eigenvalue weighted by Gasteiger charge is -2.15. The highest BCUT2D eigenvalue weighted by Gasteiger charge is 2.35. The normalized spacial score (nSPS) is 20.2. The molecule has 1 atom stereocenters. The van der Waals surface area contributed by atoms with Gasteiger partial charge in [0.1, 0.15) is 5.82 Å². The Bertz CT molecular complexity index is 489. The van der Waals surface area contributed by atoms with Gasteiger partial charge in [0.15, 0.2) is 0 Å². The van der Waals surface area contributed by atoms with E-state index in [2.05, 4.69) is 0 Å². The van der Waals surface area contributed by atoms with Crippen LogP contribution in [0.1, 0.15) is 18.9 Å². The van der Waals surface area contributed by atoms with Crippen LogP contribution < -0.4 is 0 Å². The number of carbonyl (C=O) groups is 2. The van der Waals surface area contributed by atoms with E-state index in [1.165, 1.54) is 18.2 Å². The van der Waals surface area contributed by atoms with E-state index in [0.717, 1.165) is 4.90 Å². The molecule has 0 radical (unpaired) electrons. The number of hydrogen-bond acceptors (Lipinski definition) is 2. The Morgan fingerprint density at radius 1 is 1.47 bits per heavy atom. The van der Waals surface area contributed by atoms with Gasteiger partial charge in [0.25, 0.3) is 0 Å². The van der Waals surface area contributed by atoms with Crippen LogP contribution >= 0.6 is 11.6 Å². The van der Waals surface area contributed by atoms with Crippen molar-refractivity contribution in [1.29, 1.82) is 0 Å². The zero-order valence-electron chi connectivity index (χ0n) is 9.24. The zero-order valence-corrected chi connectivity index (χ0v) is 10.00. The lowest BCUT2D eigenvalue weighted by molar-refractivity contribution is -0.139. The first kappa shape index (κ1) is 12.0. The molecule has 3 nitrogen and oxygen atoms in total. The predicted octanol–water partition coefficient (Wildman–Crippen LogP) is 2.37. The molecule has 0 saturated carbocycles. The molecule has 0 N–H and O–H groups in total. The van der Waals surface area contributed by atoms with Gasteiger partial charge in [0.05, 0.1) is 6.54 Å². The number of likely N-dealkylation sites (tertiary alicyclic amines) is 1. The zero-order chi connectivity index (χ0) is 12.6. The first-order chi connectivity index (χ1) is 7.99. The van der Waals surface area contributed by atoms with Gasteiger partial charge in [-0.3, -0.25) is 14.5 Å². The summed E-state index contributed by atoms with van der Waals surface area (Å²) in [6.07, 6.45) is 0.214. The molecule has 90 valence electrons. The molecule has 0 spiro atoms. The Hall–Kier alpha value is -1.42. The second kappa shape index (κ2) is 4.45. The van der Waals surface area contributed by atoms with Crippen molar-refractivity contribution in [2.75, 3.05) is 0 Å². The fourth-order valence-electron chi connectivity index (χ4n) is 1.85. The highest BCUT2D eigenvalue weighted by molar-refractivity contribution is 6.31. The fraction of sp³-hybridized carbons (Fsp3) is 0.333. The highest BCUT2D eigenvalue weighted by atomic mass is 35.5. The van der Waals surface area contributed by atoms with Gasteiger partial charge in [-0.25, -0.2) is 4.39 Å². The lowest BCUT2D eigenvalue weighted by atomic mass is 10.1. The van der Waals surface area contributed by atoms with E-state index >= 15 is 0 Å². The first-order valence-electron chi connectivity index (χ1n) is 5.27. The van der Waals surface area contributed by atoms with E-state index in [4.69, 9.17) is 11.6 Å². The van der Waals surface area contributed by atoms with E-state index in [0.29, 0.717) is 10.6 Å². The largest absolute Gasteiger partial charge is 0.278 e. The minimum Gasteiger partial charge on any atom is -0.278 e. The van der Waals surface area contributed by atoms with Gasteiger partial charge in [0.2, 0.25) is 11.8 Å². The van der Waals surface area contributed by atoms with Crippen LogP contribution in [0.3, 0.4) is 0 Å². The van der Waals surface area contributed by atoms with Crippen molar-refractivity contribution in [3.05, 3.63) is 34.6 Å². The summed E-state index contributed by atoms with van der Waals surface area (Å²) in [7, 11) is 0. The van der Waals surface area contributed by atoms with Crippen LogP contribution in [0.2, 0.25) is 5.02 Å². The SMILES string of the molecule is CC1CC(=O)N(Cc2cc(F)ccc2Cl)C1=O. The van der Waals surface area contributed by atoms with E-state index in [-0.39, 0.29) is 30.7 Å². The molecule has 17 heavy (non-hydrogen) atoms. The summed E-state index contributed by atoms with van der Waals surface area (Å²) in [5.74, 6) is -1.19. The second-order valence-corrected chi connectivity index (χ2v) is 4.57. The van der Waals surface area contributed by atoms with Crippen molar-refractivity contribution < 1.29 is 14.0 Å². The average Bonchev–Trinajstić information content (AvgIpc) is 2.50. The molecule has 1 heterocycles. The number of hydrogen-bond donors (Lipinski definition) is 0. The number of rotatable bonds is 2. The van der Waals surface area contributed by atoms with E-state index in [9.17, 15) is 14.0 Å². The van der Waals surface area contributed by atoms with Gasteiger partial charge in [-0.05, 0) is 23.8 Å². The molecular weight excluding hydrogens is 245 g/mol. The monoisotopic (exact) mass is 255 g/mol. The number of carbonyl (C=O) groups excluding carboxylic acids is 2. The van der Waals surface area contributed by atoms with Crippen LogP contribution in [-0.4, -0.2) is 16.7 Å². The second-order valence-electron chi connectivity index (χ2n) is 4.16.